The van der Waals surface area contributed by atoms with Crippen LogP contribution >= 0.6 is 0 Å². The van der Waals surface area contributed by atoms with Crippen LogP contribution in [0.2, 0.25) is 0 Å². The third-order valence-electron chi connectivity index (χ3n) is 1.73. The van der Waals surface area contributed by atoms with Crippen LogP contribution < -0.4 is 0 Å². The summed E-state index contributed by atoms with van der Waals surface area (Å²) in [6, 6.07) is 1.02. The molecule has 0 aromatic carbocycles. The normalized spacial score (nSPS) is 11.8. The van der Waals surface area contributed by atoms with Gasteiger partial charge in [0.15, 0.2) is 0 Å². The number of aryl methyl sites for hydroxylation is 1. The lowest BCUT2D eigenvalue weighted by Crippen LogP contribution is -2.24. The lowest BCUT2D eigenvalue weighted by atomic mass is 10.2. The Morgan fingerprint density at radius 1 is 1.57 bits per heavy atom. The van der Waals surface area contributed by atoms with Crippen LogP contribution in [0.15, 0.2) is 12.3 Å². The summed E-state index contributed by atoms with van der Waals surface area (Å²) < 4.78 is 37.1. The van der Waals surface area contributed by atoms with Crippen molar-refractivity contribution >= 4 is 5.78 Å². The number of rotatable bonds is 2. The number of aliphatic hydroxyl groups excluding tert-OH is 1. The molecule has 1 aromatic rings. The maximum atomic E-state index is 12.0. The molecule has 0 saturated heterocycles. The zero-order chi connectivity index (χ0) is 10.9. The molecular weight excluding hydrogens is 199 g/mol. The molecule has 1 heterocycles. The van der Waals surface area contributed by atoms with Crippen molar-refractivity contribution in [3.8, 4) is 0 Å². The van der Waals surface area contributed by atoms with E-state index in [4.69, 9.17) is 5.11 Å². The third kappa shape index (κ3) is 1.95. The van der Waals surface area contributed by atoms with Gasteiger partial charge < -0.3 is 9.67 Å². The van der Waals surface area contributed by atoms with Crippen LogP contribution in [0.5, 0.6) is 0 Å². The molecular formula is C8H8F3NO2. The maximum Gasteiger partial charge on any atom is 0.456 e. The van der Waals surface area contributed by atoms with E-state index in [0.717, 1.165) is 10.6 Å². The first kappa shape index (κ1) is 10.8. The highest BCUT2D eigenvalue weighted by atomic mass is 19.4. The molecule has 0 bridgehead atoms. The van der Waals surface area contributed by atoms with Crippen LogP contribution in [0, 0.1) is 0 Å². The molecule has 0 fully saturated rings. The molecule has 0 aliphatic carbocycles. The van der Waals surface area contributed by atoms with Gasteiger partial charge in [0, 0.05) is 13.2 Å². The van der Waals surface area contributed by atoms with Crippen LogP contribution in [0.25, 0.3) is 0 Å². The highest BCUT2D eigenvalue weighted by Crippen LogP contribution is 2.22. The molecule has 0 saturated carbocycles. The Balaban J connectivity index is 3.07. The van der Waals surface area contributed by atoms with Crippen molar-refractivity contribution in [1.29, 1.82) is 0 Å². The second kappa shape index (κ2) is 3.45. The largest absolute Gasteiger partial charge is 0.456 e. The van der Waals surface area contributed by atoms with Gasteiger partial charge in [-0.05, 0) is 11.6 Å². The molecule has 0 unspecified atom stereocenters. The van der Waals surface area contributed by atoms with Gasteiger partial charge in [-0.1, -0.05) is 0 Å². The van der Waals surface area contributed by atoms with Gasteiger partial charge in [0.2, 0.25) is 0 Å². The van der Waals surface area contributed by atoms with Crippen LogP contribution in [0.3, 0.4) is 0 Å². The Morgan fingerprint density at radius 2 is 2.14 bits per heavy atom. The summed E-state index contributed by atoms with van der Waals surface area (Å²) in [5, 5.41) is 8.65. The molecule has 0 aliphatic rings. The fraction of sp³-hybridized carbons (Fsp3) is 0.375. The Labute approximate surface area is 77.8 Å². The molecule has 6 heteroatoms. The molecule has 0 amide bonds. The Morgan fingerprint density at radius 3 is 2.50 bits per heavy atom. The van der Waals surface area contributed by atoms with Gasteiger partial charge in [0.25, 0.3) is 5.78 Å². The van der Waals surface area contributed by atoms with Gasteiger partial charge in [0.1, 0.15) is 0 Å². The van der Waals surface area contributed by atoms with Gasteiger partial charge in [-0.25, -0.2) is 0 Å². The average molecular weight is 207 g/mol. The fourth-order valence-corrected chi connectivity index (χ4v) is 1.09. The van der Waals surface area contributed by atoms with Crippen molar-refractivity contribution in [2.24, 2.45) is 7.05 Å². The first-order valence-corrected chi connectivity index (χ1v) is 3.74. The number of halogens is 3. The van der Waals surface area contributed by atoms with E-state index in [0.29, 0.717) is 0 Å². The van der Waals surface area contributed by atoms with E-state index in [1.165, 1.54) is 13.2 Å². The van der Waals surface area contributed by atoms with Crippen molar-refractivity contribution < 1.29 is 23.1 Å². The topological polar surface area (TPSA) is 42.2 Å². The minimum absolute atomic E-state index is 0.278. The average Bonchev–Trinajstić information content (AvgIpc) is 2.43. The Kier molecular flexibility index (Phi) is 2.66. The molecule has 0 spiro atoms. The minimum atomic E-state index is -4.88. The molecule has 3 nitrogen and oxygen atoms in total. The third-order valence-corrected chi connectivity index (χ3v) is 1.73. The highest BCUT2D eigenvalue weighted by Gasteiger charge is 2.40. The predicted molar refractivity (Wildman–Crippen MR) is 41.7 cm³/mol. The van der Waals surface area contributed by atoms with Gasteiger partial charge >= 0.3 is 6.18 Å². The molecule has 1 aromatic heterocycles. The summed E-state index contributed by atoms with van der Waals surface area (Å²) in [5.74, 6) is -1.90. The van der Waals surface area contributed by atoms with Crippen LogP contribution in [-0.4, -0.2) is 21.6 Å². The van der Waals surface area contributed by atoms with Gasteiger partial charge in [0.05, 0.1) is 12.3 Å². The van der Waals surface area contributed by atoms with Gasteiger partial charge in [-0.15, -0.1) is 0 Å². The number of ketones is 1. The van der Waals surface area contributed by atoms with E-state index in [-0.39, 0.29) is 12.2 Å². The fourth-order valence-electron chi connectivity index (χ4n) is 1.09. The number of alkyl halides is 3. The molecule has 0 atom stereocenters. The lowest BCUT2D eigenvalue weighted by Gasteiger charge is -2.04. The van der Waals surface area contributed by atoms with E-state index in [1.54, 1.807) is 0 Å². The van der Waals surface area contributed by atoms with E-state index < -0.39 is 17.7 Å². The number of aliphatic hydroxyl groups is 1. The molecule has 78 valence electrons. The van der Waals surface area contributed by atoms with Crippen molar-refractivity contribution in [1.82, 2.24) is 4.57 Å². The number of aromatic nitrogens is 1. The van der Waals surface area contributed by atoms with Crippen LogP contribution in [0.1, 0.15) is 16.1 Å². The molecule has 0 radical (unpaired) electrons. The number of Topliss-reactive ketones (excluding diaryl/α,β-unsaturated/α-hetero) is 1. The summed E-state index contributed by atoms with van der Waals surface area (Å²) >= 11 is 0. The van der Waals surface area contributed by atoms with Gasteiger partial charge in [-0.3, -0.25) is 4.79 Å². The Hall–Kier alpha value is -1.30. The highest BCUT2D eigenvalue weighted by molar-refractivity contribution is 5.99. The Bertz CT molecular complexity index is 354. The molecule has 0 aliphatic heterocycles. The molecule has 14 heavy (non-hydrogen) atoms. The zero-order valence-electron chi connectivity index (χ0n) is 7.30. The summed E-state index contributed by atoms with van der Waals surface area (Å²) in [4.78, 5) is 10.8. The second-order valence-electron chi connectivity index (χ2n) is 2.83. The van der Waals surface area contributed by atoms with Crippen LogP contribution in [0.4, 0.5) is 13.2 Å². The monoisotopic (exact) mass is 207 g/mol. The SMILES string of the molecule is Cn1cc(CO)cc1C(=O)C(F)(F)F. The lowest BCUT2D eigenvalue weighted by molar-refractivity contribution is -0.0890. The van der Waals surface area contributed by atoms with Crippen molar-refractivity contribution in [2.45, 2.75) is 12.8 Å². The van der Waals surface area contributed by atoms with Crippen molar-refractivity contribution in [3.63, 3.8) is 0 Å². The minimum Gasteiger partial charge on any atom is -0.392 e. The van der Waals surface area contributed by atoms with E-state index in [9.17, 15) is 18.0 Å². The zero-order valence-corrected chi connectivity index (χ0v) is 7.30. The summed E-state index contributed by atoms with van der Waals surface area (Å²) in [6.07, 6.45) is -3.60. The first-order chi connectivity index (χ1) is 6.36. The van der Waals surface area contributed by atoms with E-state index in [1.807, 2.05) is 0 Å². The van der Waals surface area contributed by atoms with Crippen LogP contribution in [-0.2, 0) is 13.7 Å². The maximum absolute atomic E-state index is 12.0. The van der Waals surface area contributed by atoms with Crippen molar-refractivity contribution in [3.05, 3.63) is 23.5 Å². The first-order valence-electron chi connectivity index (χ1n) is 3.74. The smallest absolute Gasteiger partial charge is 0.392 e. The number of carbonyl (C=O) groups is 1. The quantitative estimate of drug-likeness (QED) is 0.742. The number of nitrogens with zero attached hydrogens (tertiary/aromatic N) is 1. The van der Waals surface area contributed by atoms with E-state index in [2.05, 4.69) is 0 Å². The summed E-state index contributed by atoms with van der Waals surface area (Å²) in [7, 11) is 1.32. The van der Waals surface area contributed by atoms with Crippen molar-refractivity contribution in [2.75, 3.05) is 0 Å². The molecule has 1 N–H and O–H groups in total. The van der Waals surface area contributed by atoms with E-state index >= 15 is 0 Å². The number of carbonyl (C=O) groups excluding carboxylic acids is 1. The summed E-state index contributed by atoms with van der Waals surface area (Å²) in [5.41, 5.74) is -0.193. The number of hydrogen-bond acceptors (Lipinski definition) is 2. The standard InChI is InChI=1S/C8H8F3NO2/c1-12-3-5(4-13)2-6(12)7(14)8(9,10)11/h2-3,13H,4H2,1H3. The predicted octanol–water partition coefficient (Wildman–Crippen LogP) is 1.26. The molecule has 1 rings (SSSR count). The number of hydrogen-bond donors (Lipinski definition) is 1. The van der Waals surface area contributed by atoms with Gasteiger partial charge in [-0.2, -0.15) is 13.2 Å². The summed E-state index contributed by atoms with van der Waals surface area (Å²) in [6.45, 7) is -0.390. The second-order valence-corrected chi connectivity index (χ2v) is 2.83.